The molecular formula is C14H16N4O4S. The van der Waals surface area contributed by atoms with Crippen LogP contribution in [-0.2, 0) is 4.79 Å². The fraction of sp³-hybridized carbons (Fsp3) is 0.429. The smallest absolute Gasteiger partial charge is 0.289 e. The lowest BCUT2D eigenvalue weighted by Gasteiger charge is -2.34. The maximum Gasteiger partial charge on any atom is 0.289 e. The van der Waals surface area contributed by atoms with Crippen molar-refractivity contribution >= 4 is 23.6 Å². The van der Waals surface area contributed by atoms with E-state index in [2.05, 4.69) is 10.2 Å². The Hall–Kier alpha value is -2.29. The van der Waals surface area contributed by atoms with Crippen LogP contribution in [-0.4, -0.2) is 63.7 Å². The van der Waals surface area contributed by atoms with E-state index in [1.807, 2.05) is 0 Å². The van der Waals surface area contributed by atoms with Crippen molar-refractivity contribution in [3.63, 3.8) is 0 Å². The summed E-state index contributed by atoms with van der Waals surface area (Å²) in [6.07, 6.45) is 1.48. The van der Waals surface area contributed by atoms with E-state index < -0.39 is 0 Å². The number of amides is 2. The van der Waals surface area contributed by atoms with E-state index >= 15 is 0 Å². The number of aromatic nitrogens is 2. The minimum Gasteiger partial charge on any atom is -0.459 e. The molecule has 1 aliphatic rings. The number of nitrogens with zero attached hydrogens (tertiary/aromatic N) is 4. The molecule has 122 valence electrons. The Labute approximate surface area is 136 Å². The van der Waals surface area contributed by atoms with Crippen LogP contribution in [0.25, 0.3) is 0 Å². The van der Waals surface area contributed by atoms with Crippen LogP contribution in [0.2, 0.25) is 0 Å². The highest BCUT2D eigenvalue weighted by molar-refractivity contribution is 7.99. The molecule has 0 spiro atoms. The number of piperazine rings is 1. The zero-order valence-electron chi connectivity index (χ0n) is 12.6. The second-order valence-corrected chi connectivity index (χ2v) is 5.95. The number of carbonyl (C=O) groups excluding carboxylic acids is 2. The first-order valence-corrected chi connectivity index (χ1v) is 8.15. The number of rotatable bonds is 4. The van der Waals surface area contributed by atoms with Gasteiger partial charge in [-0.15, -0.1) is 10.2 Å². The van der Waals surface area contributed by atoms with Crippen molar-refractivity contribution in [1.29, 1.82) is 0 Å². The molecule has 2 aromatic heterocycles. The van der Waals surface area contributed by atoms with Gasteiger partial charge in [0.05, 0.1) is 12.0 Å². The van der Waals surface area contributed by atoms with E-state index in [9.17, 15) is 9.59 Å². The van der Waals surface area contributed by atoms with Gasteiger partial charge < -0.3 is 18.6 Å². The van der Waals surface area contributed by atoms with Crippen LogP contribution in [0.4, 0.5) is 0 Å². The number of thioether (sulfide) groups is 1. The van der Waals surface area contributed by atoms with Crippen LogP contribution in [0.1, 0.15) is 16.4 Å². The van der Waals surface area contributed by atoms with Crippen LogP contribution in [0.3, 0.4) is 0 Å². The molecule has 8 nitrogen and oxygen atoms in total. The molecule has 0 bridgehead atoms. The van der Waals surface area contributed by atoms with Gasteiger partial charge in [0.1, 0.15) is 0 Å². The third-order valence-corrected chi connectivity index (χ3v) is 4.28. The molecule has 2 amide bonds. The Balaban J connectivity index is 1.46. The number of hydrogen-bond donors (Lipinski definition) is 0. The third kappa shape index (κ3) is 3.73. The van der Waals surface area contributed by atoms with Crippen molar-refractivity contribution in [2.75, 3.05) is 31.9 Å². The highest BCUT2D eigenvalue weighted by Crippen LogP contribution is 2.17. The first-order chi connectivity index (χ1) is 11.1. The molecule has 0 radical (unpaired) electrons. The summed E-state index contributed by atoms with van der Waals surface area (Å²) < 4.78 is 10.3. The van der Waals surface area contributed by atoms with Gasteiger partial charge in [0, 0.05) is 33.1 Å². The summed E-state index contributed by atoms with van der Waals surface area (Å²) in [6.45, 7) is 3.71. The van der Waals surface area contributed by atoms with E-state index in [0.29, 0.717) is 43.1 Å². The number of hydrogen-bond acceptors (Lipinski definition) is 7. The Bertz CT molecular complexity index is 677. The maximum absolute atomic E-state index is 12.2. The molecule has 9 heteroatoms. The zero-order valence-corrected chi connectivity index (χ0v) is 13.4. The fourth-order valence-electron chi connectivity index (χ4n) is 2.27. The predicted octanol–water partition coefficient (Wildman–Crippen LogP) is 1.05. The lowest BCUT2D eigenvalue weighted by Crippen LogP contribution is -2.51. The summed E-state index contributed by atoms with van der Waals surface area (Å²) in [5.41, 5.74) is 0. The van der Waals surface area contributed by atoms with Crippen molar-refractivity contribution in [3.05, 3.63) is 30.0 Å². The molecule has 0 unspecified atom stereocenters. The standard InChI is InChI=1S/C14H16N4O4S/c1-10-15-16-14(22-10)23-9-12(19)17-4-6-18(7-5-17)13(20)11-3-2-8-21-11/h2-3,8H,4-7,9H2,1H3. The normalized spacial score (nSPS) is 15.0. The fourth-order valence-corrected chi connectivity index (χ4v) is 2.97. The van der Waals surface area contributed by atoms with E-state index in [0.717, 1.165) is 0 Å². The van der Waals surface area contributed by atoms with Gasteiger partial charge >= 0.3 is 0 Å². The second-order valence-electron chi connectivity index (χ2n) is 5.03. The van der Waals surface area contributed by atoms with Crippen molar-refractivity contribution in [1.82, 2.24) is 20.0 Å². The molecule has 0 aromatic carbocycles. The molecule has 0 atom stereocenters. The van der Waals surface area contributed by atoms with Gasteiger partial charge in [-0.1, -0.05) is 11.8 Å². The molecule has 0 aliphatic carbocycles. The number of furan rings is 1. The second kappa shape index (κ2) is 6.86. The largest absolute Gasteiger partial charge is 0.459 e. The molecule has 0 N–H and O–H groups in total. The molecular weight excluding hydrogens is 320 g/mol. The summed E-state index contributed by atoms with van der Waals surface area (Å²) in [6, 6.07) is 3.33. The minimum atomic E-state index is -0.141. The molecule has 3 rings (SSSR count). The lowest BCUT2D eigenvalue weighted by molar-refractivity contribution is -0.129. The van der Waals surface area contributed by atoms with Gasteiger partial charge in [0.2, 0.25) is 11.8 Å². The van der Waals surface area contributed by atoms with Crippen LogP contribution in [0, 0.1) is 6.92 Å². The van der Waals surface area contributed by atoms with E-state index in [1.165, 1.54) is 18.0 Å². The Morgan fingerprint density at radius 1 is 1.22 bits per heavy atom. The predicted molar refractivity (Wildman–Crippen MR) is 81.0 cm³/mol. The monoisotopic (exact) mass is 336 g/mol. The topological polar surface area (TPSA) is 92.7 Å². The Morgan fingerprint density at radius 2 is 1.96 bits per heavy atom. The van der Waals surface area contributed by atoms with Crippen molar-refractivity contribution in [2.45, 2.75) is 12.1 Å². The van der Waals surface area contributed by atoms with Crippen LogP contribution in [0.15, 0.2) is 32.5 Å². The average Bonchev–Trinajstić information content (AvgIpc) is 3.24. The van der Waals surface area contributed by atoms with Gasteiger partial charge in [-0.05, 0) is 12.1 Å². The van der Waals surface area contributed by atoms with E-state index in [1.54, 1.807) is 28.9 Å². The number of carbonyl (C=O) groups is 2. The van der Waals surface area contributed by atoms with Gasteiger partial charge in [0.25, 0.3) is 11.1 Å². The maximum atomic E-state index is 12.2. The minimum absolute atomic E-state index is 0.00375. The molecule has 1 fully saturated rings. The molecule has 1 saturated heterocycles. The summed E-state index contributed by atoms with van der Waals surface area (Å²) in [5.74, 6) is 0.902. The SMILES string of the molecule is Cc1nnc(SCC(=O)N2CCN(C(=O)c3ccco3)CC2)o1. The Kier molecular flexibility index (Phi) is 4.65. The molecule has 2 aromatic rings. The first-order valence-electron chi connectivity index (χ1n) is 7.17. The third-order valence-electron chi connectivity index (χ3n) is 3.48. The van der Waals surface area contributed by atoms with Gasteiger partial charge in [-0.2, -0.15) is 0 Å². The zero-order chi connectivity index (χ0) is 16.2. The lowest BCUT2D eigenvalue weighted by atomic mass is 10.3. The van der Waals surface area contributed by atoms with E-state index in [4.69, 9.17) is 8.83 Å². The molecule has 3 heterocycles. The highest BCUT2D eigenvalue weighted by Gasteiger charge is 2.26. The first kappa shape index (κ1) is 15.6. The van der Waals surface area contributed by atoms with Gasteiger partial charge in [-0.3, -0.25) is 9.59 Å². The van der Waals surface area contributed by atoms with Crippen LogP contribution < -0.4 is 0 Å². The van der Waals surface area contributed by atoms with Gasteiger partial charge in [0.15, 0.2) is 5.76 Å². The summed E-state index contributed by atoms with van der Waals surface area (Å²) >= 11 is 1.22. The Morgan fingerprint density at radius 3 is 2.57 bits per heavy atom. The van der Waals surface area contributed by atoms with Gasteiger partial charge in [-0.25, -0.2) is 0 Å². The quantitative estimate of drug-likeness (QED) is 0.770. The molecule has 23 heavy (non-hydrogen) atoms. The van der Waals surface area contributed by atoms with Crippen LogP contribution >= 0.6 is 11.8 Å². The van der Waals surface area contributed by atoms with Crippen LogP contribution in [0.5, 0.6) is 0 Å². The molecule has 0 saturated carbocycles. The van der Waals surface area contributed by atoms with E-state index in [-0.39, 0.29) is 17.6 Å². The van der Waals surface area contributed by atoms with Crippen molar-refractivity contribution < 1.29 is 18.4 Å². The number of aryl methyl sites for hydroxylation is 1. The van der Waals surface area contributed by atoms with Crippen molar-refractivity contribution in [2.24, 2.45) is 0 Å². The molecule has 1 aliphatic heterocycles. The van der Waals surface area contributed by atoms with Crippen molar-refractivity contribution in [3.8, 4) is 0 Å². The summed E-state index contributed by atoms with van der Waals surface area (Å²) in [5, 5.41) is 7.95. The highest BCUT2D eigenvalue weighted by atomic mass is 32.2. The average molecular weight is 336 g/mol. The summed E-state index contributed by atoms with van der Waals surface area (Å²) in [4.78, 5) is 27.8. The summed E-state index contributed by atoms with van der Waals surface area (Å²) in [7, 11) is 0.